The summed E-state index contributed by atoms with van der Waals surface area (Å²) in [5.41, 5.74) is 2.34. The molecule has 1 amide bonds. The minimum atomic E-state index is -0.0617. The van der Waals surface area contributed by atoms with Crippen LogP contribution >= 0.6 is 0 Å². The minimum absolute atomic E-state index is 0.0335. The normalized spacial score (nSPS) is 24.7. The van der Waals surface area contributed by atoms with E-state index in [1.807, 2.05) is 25.1 Å². The van der Waals surface area contributed by atoms with Crippen LogP contribution in [0.1, 0.15) is 52.6 Å². The van der Waals surface area contributed by atoms with Crippen molar-refractivity contribution in [1.82, 2.24) is 5.32 Å². The molecule has 0 saturated heterocycles. The first-order valence-electron chi connectivity index (χ1n) is 9.15. The van der Waals surface area contributed by atoms with Gasteiger partial charge in [0.15, 0.2) is 11.5 Å². The molecule has 1 N–H and O–H groups in total. The summed E-state index contributed by atoms with van der Waals surface area (Å²) < 4.78 is 11.4. The highest BCUT2D eigenvalue weighted by Crippen LogP contribution is 2.59. The molecule has 3 rings (SSSR count). The Morgan fingerprint density at radius 3 is 2.60 bits per heavy atom. The first-order valence-corrected chi connectivity index (χ1v) is 9.15. The molecule has 3 atom stereocenters. The Labute approximate surface area is 150 Å². The van der Waals surface area contributed by atoms with Gasteiger partial charge in [0.2, 0.25) is 5.91 Å². The lowest BCUT2D eigenvalue weighted by atomic mass is 10.1. The van der Waals surface area contributed by atoms with E-state index >= 15 is 0 Å². The van der Waals surface area contributed by atoms with Gasteiger partial charge < -0.3 is 14.8 Å². The predicted octanol–water partition coefficient (Wildman–Crippen LogP) is 4.26. The molecule has 1 saturated carbocycles. The highest BCUT2D eigenvalue weighted by molar-refractivity contribution is 5.84. The first-order chi connectivity index (χ1) is 11.8. The zero-order valence-electron chi connectivity index (χ0n) is 15.9. The Morgan fingerprint density at radius 2 is 1.92 bits per heavy atom. The molecule has 0 aromatic heterocycles. The fourth-order valence-electron chi connectivity index (χ4n) is 3.68. The minimum Gasteiger partial charge on any atom is -0.490 e. The van der Waals surface area contributed by atoms with Crippen LogP contribution in [-0.4, -0.2) is 19.1 Å². The summed E-state index contributed by atoms with van der Waals surface area (Å²) in [5, 5.41) is 3.17. The van der Waals surface area contributed by atoms with Crippen LogP contribution in [0.5, 0.6) is 11.5 Å². The number of rotatable bonds is 4. The van der Waals surface area contributed by atoms with Gasteiger partial charge in [0.25, 0.3) is 0 Å². The van der Waals surface area contributed by atoms with E-state index in [0.717, 1.165) is 23.5 Å². The largest absolute Gasteiger partial charge is 0.490 e. The Hall–Kier alpha value is -1.97. The molecule has 1 aromatic rings. The average molecular weight is 343 g/mol. The van der Waals surface area contributed by atoms with Crippen molar-refractivity contribution in [3.8, 4) is 11.5 Å². The summed E-state index contributed by atoms with van der Waals surface area (Å²) in [6, 6.07) is 5.86. The third-order valence-electron chi connectivity index (χ3n) is 5.34. The van der Waals surface area contributed by atoms with Gasteiger partial charge in [0, 0.05) is 6.42 Å². The molecule has 0 radical (unpaired) electrons. The number of fused-ring (bicyclic) bond motifs is 1. The summed E-state index contributed by atoms with van der Waals surface area (Å²) >= 11 is 0. The number of hydrogen-bond acceptors (Lipinski definition) is 3. The van der Waals surface area contributed by atoms with Gasteiger partial charge in [0.1, 0.15) is 0 Å². The lowest BCUT2D eigenvalue weighted by Gasteiger charge is -2.17. The van der Waals surface area contributed by atoms with E-state index in [4.69, 9.17) is 9.47 Å². The van der Waals surface area contributed by atoms with Crippen LogP contribution in [0, 0.1) is 17.3 Å². The van der Waals surface area contributed by atoms with Gasteiger partial charge in [-0.1, -0.05) is 31.6 Å². The van der Waals surface area contributed by atoms with E-state index in [9.17, 15) is 4.79 Å². The maximum absolute atomic E-state index is 12.7. The molecule has 1 fully saturated rings. The second-order valence-corrected chi connectivity index (χ2v) is 8.06. The Morgan fingerprint density at radius 1 is 1.24 bits per heavy atom. The van der Waals surface area contributed by atoms with Gasteiger partial charge in [-0.3, -0.25) is 4.79 Å². The van der Waals surface area contributed by atoms with Gasteiger partial charge in [-0.25, -0.2) is 0 Å². The Bertz CT molecular complexity index is 688. The SMILES string of the molecule is CC(C)=C[C@@H]1[C@@H](C(=O)N[C@@H](C)c2ccc3c(c2)OCCCO3)C1(C)C. The molecule has 1 aliphatic carbocycles. The molecule has 4 heteroatoms. The van der Waals surface area contributed by atoms with E-state index in [0.29, 0.717) is 19.1 Å². The number of carbonyl (C=O) groups excluding carboxylic acids is 1. The standard InChI is InChI=1S/C21H29NO3/c1-13(2)11-16-19(21(16,4)5)20(23)22-14(3)15-7-8-17-18(12-15)25-10-6-9-24-17/h7-8,11-12,14,16,19H,6,9-10H2,1-5H3,(H,22,23)/t14-,16+,19-/m0/s1. The fraction of sp³-hybridized carbons (Fsp3) is 0.571. The quantitative estimate of drug-likeness (QED) is 0.831. The van der Waals surface area contributed by atoms with Crippen molar-refractivity contribution in [3.05, 3.63) is 35.4 Å². The van der Waals surface area contributed by atoms with Crippen LogP contribution in [0.15, 0.2) is 29.8 Å². The number of hydrogen-bond donors (Lipinski definition) is 1. The van der Waals surface area contributed by atoms with Crippen molar-refractivity contribution in [2.24, 2.45) is 17.3 Å². The summed E-state index contributed by atoms with van der Waals surface area (Å²) in [5.74, 6) is 2.06. The topological polar surface area (TPSA) is 47.6 Å². The molecule has 136 valence electrons. The van der Waals surface area contributed by atoms with Crippen molar-refractivity contribution < 1.29 is 14.3 Å². The van der Waals surface area contributed by atoms with Crippen molar-refractivity contribution in [1.29, 1.82) is 0 Å². The van der Waals surface area contributed by atoms with Crippen LogP contribution in [0.25, 0.3) is 0 Å². The lowest BCUT2D eigenvalue weighted by Crippen LogP contribution is -2.29. The number of nitrogens with one attached hydrogen (secondary N) is 1. The molecule has 1 aliphatic heterocycles. The van der Waals surface area contributed by atoms with Crippen LogP contribution < -0.4 is 14.8 Å². The Kier molecular flexibility index (Phi) is 4.81. The summed E-state index contributed by atoms with van der Waals surface area (Å²) in [4.78, 5) is 12.7. The lowest BCUT2D eigenvalue weighted by molar-refractivity contribution is -0.123. The smallest absolute Gasteiger partial charge is 0.224 e. The molecule has 25 heavy (non-hydrogen) atoms. The predicted molar refractivity (Wildman–Crippen MR) is 98.8 cm³/mol. The van der Waals surface area contributed by atoms with Crippen molar-refractivity contribution >= 4 is 5.91 Å². The zero-order chi connectivity index (χ0) is 18.2. The first kappa shape index (κ1) is 17.8. The van der Waals surface area contributed by atoms with Gasteiger partial charge in [-0.15, -0.1) is 0 Å². The highest BCUT2D eigenvalue weighted by atomic mass is 16.5. The number of allylic oxidation sites excluding steroid dienone is 2. The van der Waals surface area contributed by atoms with Crippen LogP contribution in [0.4, 0.5) is 0 Å². The number of benzene rings is 1. The molecule has 4 nitrogen and oxygen atoms in total. The molecular formula is C21H29NO3. The number of amides is 1. The van der Waals surface area contributed by atoms with Crippen molar-refractivity contribution in [2.45, 2.75) is 47.1 Å². The Balaban J connectivity index is 1.68. The van der Waals surface area contributed by atoms with E-state index < -0.39 is 0 Å². The second-order valence-electron chi connectivity index (χ2n) is 8.06. The summed E-state index contributed by atoms with van der Waals surface area (Å²) in [6.07, 6.45) is 3.11. The maximum atomic E-state index is 12.7. The average Bonchev–Trinajstić information content (AvgIpc) is 3.16. The third-order valence-corrected chi connectivity index (χ3v) is 5.34. The highest BCUT2D eigenvalue weighted by Gasteiger charge is 2.60. The summed E-state index contributed by atoms with van der Waals surface area (Å²) in [6.45, 7) is 11.9. The molecule has 0 unspecified atom stereocenters. The van der Waals surface area contributed by atoms with Crippen LogP contribution in [0.2, 0.25) is 0 Å². The number of carbonyl (C=O) groups is 1. The third kappa shape index (κ3) is 3.68. The van der Waals surface area contributed by atoms with E-state index in [1.54, 1.807) is 0 Å². The second kappa shape index (κ2) is 6.74. The van der Waals surface area contributed by atoms with Gasteiger partial charge in [-0.05, 0) is 49.8 Å². The molecular weight excluding hydrogens is 314 g/mol. The molecule has 1 heterocycles. The molecule has 2 aliphatic rings. The number of ether oxygens (including phenoxy) is 2. The molecule has 1 aromatic carbocycles. The van der Waals surface area contributed by atoms with Gasteiger partial charge >= 0.3 is 0 Å². The van der Waals surface area contributed by atoms with Crippen LogP contribution in [-0.2, 0) is 4.79 Å². The molecule has 0 bridgehead atoms. The van der Waals surface area contributed by atoms with Crippen molar-refractivity contribution in [3.63, 3.8) is 0 Å². The van der Waals surface area contributed by atoms with Crippen LogP contribution in [0.3, 0.4) is 0 Å². The van der Waals surface area contributed by atoms with Gasteiger partial charge in [-0.2, -0.15) is 0 Å². The van der Waals surface area contributed by atoms with Crippen molar-refractivity contribution in [2.75, 3.05) is 13.2 Å². The van der Waals surface area contributed by atoms with E-state index in [-0.39, 0.29) is 23.3 Å². The summed E-state index contributed by atoms with van der Waals surface area (Å²) in [7, 11) is 0. The van der Waals surface area contributed by atoms with E-state index in [1.165, 1.54) is 5.57 Å². The zero-order valence-corrected chi connectivity index (χ0v) is 15.9. The maximum Gasteiger partial charge on any atom is 0.224 e. The monoisotopic (exact) mass is 343 g/mol. The molecule has 0 spiro atoms. The van der Waals surface area contributed by atoms with Gasteiger partial charge in [0.05, 0.1) is 25.2 Å². The fourth-order valence-corrected chi connectivity index (χ4v) is 3.68. The van der Waals surface area contributed by atoms with E-state index in [2.05, 4.69) is 39.1 Å².